The summed E-state index contributed by atoms with van der Waals surface area (Å²) < 4.78 is 0. The molecule has 0 aliphatic carbocycles. The minimum atomic E-state index is 0.0992. The van der Waals surface area contributed by atoms with Gasteiger partial charge in [-0.15, -0.1) is 0 Å². The van der Waals surface area contributed by atoms with E-state index in [1.54, 1.807) is 6.07 Å². The molecule has 1 amide bonds. The number of hydrogen-bond donors (Lipinski definition) is 1. The van der Waals surface area contributed by atoms with Gasteiger partial charge < -0.3 is 5.32 Å². The maximum atomic E-state index is 11.2. The predicted octanol–water partition coefficient (Wildman–Crippen LogP) is 0.216. The van der Waals surface area contributed by atoms with Crippen molar-refractivity contribution in [3.8, 4) is 0 Å². The molecule has 0 radical (unpaired) electrons. The van der Waals surface area contributed by atoms with Crippen LogP contribution in [0.25, 0.3) is 0 Å². The van der Waals surface area contributed by atoms with Gasteiger partial charge in [0.1, 0.15) is 5.69 Å². The topological polar surface area (TPSA) is 62.3 Å². The smallest absolute Gasteiger partial charge is 0.221 e. The van der Waals surface area contributed by atoms with Crippen LogP contribution in [-0.2, 0) is 11.3 Å². The van der Waals surface area contributed by atoms with Crippen molar-refractivity contribution in [2.75, 3.05) is 19.6 Å². The fourth-order valence-electron chi connectivity index (χ4n) is 1.85. The van der Waals surface area contributed by atoms with Gasteiger partial charge in [-0.05, 0) is 12.1 Å². The number of nitrogens with zero attached hydrogens (tertiary/aromatic N) is 2. The molecule has 90 valence electrons. The molecule has 5 nitrogen and oxygen atoms in total. The van der Waals surface area contributed by atoms with Gasteiger partial charge in [-0.2, -0.15) is 0 Å². The molecule has 5 heteroatoms. The molecule has 2 rings (SSSR count). The van der Waals surface area contributed by atoms with Crippen LogP contribution in [0.4, 0.5) is 0 Å². The van der Waals surface area contributed by atoms with E-state index in [2.05, 4.69) is 15.2 Å². The number of carbonyl (C=O) groups excluding carboxylic acids is 2. The minimum Gasteiger partial charge on any atom is -0.355 e. The molecule has 17 heavy (non-hydrogen) atoms. The van der Waals surface area contributed by atoms with Gasteiger partial charge in [-0.25, -0.2) is 4.98 Å². The molecule has 0 spiro atoms. The van der Waals surface area contributed by atoms with Crippen LogP contribution in [0.5, 0.6) is 0 Å². The third-order valence-electron chi connectivity index (χ3n) is 2.74. The first-order valence-electron chi connectivity index (χ1n) is 5.68. The van der Waals surface area contributed by atoms with Gasteiger partial charge in [0.05, 0.1) is 5.69 Å². The van der Waals surface area contributed by atoms with E-state index in [1.165, 1.54) is 0 Å². The minimum absolute atomic E-state index is 0.0992. The van der Waals surface area contributed by atoms with Crippen LogP contribution in [0.2, 0.25) is 0 Å². The highest BCUT2D eigenvalue weighted by Crippen LogP contribution is 2.05. The summed E-state index contributed by atoms with van der Waals surface area (Å²) >= 11 is 0. The number of amides is 1. The van der Waals surface area contributed by atoms with Crippen molar-refractivity contribution in [3.63, 3.8) is 0 Å². The zero-order chi connectivity index (χ0) is 12.1. The fourth-order valence-corrected chi connectivity index (χ4v) is 1.85. The quantitative estimate of drug-likeness (QED) is 0.758. The summed E-state index contributed by atoms with van der Waals surface area (Å²) in [6.07, 6.45) is 1.27. The van der Waals surface area contributed by atoms with Crippen molar-refractivity contribution >= 4 is 12.2 Å². The second-order valence-corrected chi connectivity index (χ2v) is 4.05. The Hall–Kier alpha value is -1.75. The molecule has 1 N–H and O–H groups in total. The molecule has 2 heterocycles. The first kappa shape index (κ1) is 11.7. The van der Waals surface area contributed by atoms with Gasteiger partial charge >= 0.3 is 0 Å². The maximum absolute atomic E-state index is 11.2. The highest BCUT2D eigenvalue weighted by molar-refractivity contribution is 5.76. The highest BCUT2D eigenvalue weighted by Gasteiger charge is 2.13. The zero-order valence-electron chi connectivity index (χ0n) is 9.56. The average Bonchev–Trinajstić information content (AvgIpc) is 2.55. The molecular formula is C12H15N3O2. The number of hydrogen-bond acceptors (Lipinski definition) is 4. The van der Waals surface area contributed by atoms with Crippen molar-refractivity contribution in [3.05, 3.63) is 29.6 Å². The monoisotopic (exact) mass is 233 g/mol. The summed E-state index contributed by atoms with van der Waals surface area (Å²) in [6, 6.07) is 5.41. The predicted molar refractivity (Wildman–Crippen MR) is 62.5 cm³/mol. The third kappa shape index (κ3) is 3.35. The number of aldehydes is 1. The lowest BCUT2D eigenvalue weighted by Crippen LogP contribution is -2.28. The van der Waals surface area contributed by atoms with Crippen LogP contribution < -0.4 is 5.32 Å². The molecular weight excluding hydrogens is 218 g/mol. The number of aromatic nitrogens is 1. The SMILES string of the molecule is O=Cc1cccc(CN2CCNC(=O)CC2)n1. The van der Waals surface area contributed by atoms with E-state index in [1.807, 2.05) is 12.1 Å². The van der Waals surface area contributed by atoms with E-state index in [9.17, 15) is 9.59 Å². The van der Waals surface area contributed by atoms with E-state index in [-0.39, 0.29) is 5.91 Å². The van der Waals surface area contributed by atoms with Crippen molar-refractivity contribution in [2.24, 2.45) is 0 Å². The molecule has 0 saturated carbocycles. The Labute approximate surface area is 99.8 Å². The van der Waals surface area contributed by atoms with E-state index in [0.717, 1.165) is 25.1 Å². The normalized spacial score (nSPS) is 17.3. The summed E-state index contributed by atoms with van der Waals surface area (Å²) in [5.41, 5.74) is 1.32. The number of carbonyl (C=O) groups is 2. The Morgan fingerprint density at radius 3 is 3.12 bits per heavy atom. The van der Waals surface area contributed by atoms with Crippen LogP contribution in [0.3, 0.4) is 0 Å². The van der Waals surface area contributed by atoms with E-state index in [4.69, 9.17) is 0 Å². The average molecular weight is 233 g/mol. The molecule has 1 aromatic rings. The van der Waals surface area contributed by atoms with Crippen LogP contribution in [0.15, 0.2) is 18.2 Å². The zero-order valence-corrected chi connectivity index (χ0v) is 9.56. The molecule has 0 aromatic carbocycles. The number of nitrogens with one attached hydrogen (secondary N) is 1. The van der Waals surface area contributed by atoms with Crippen molar-refractivity contribution in [2.45, 2.75) is 13.0 Å². The maximum Gasteiger partial charge on any atom is 0.221 e. The fraction of sp³-hybridized carbons (Fsp3) is 0.417. The molecule has 0 unspecified atom stereocenters. The Morgan fingerprint density at radius 1 is 1.41 bits per heavy atom. The number of pyridine rings is 1. The van der Waals surface area contributed by atoms with Gasteiger partial charge in [0.2, 0.25) is 5.91 Å². The Bertz CT molecular complexity index is 420. The second-order valence-electron chi connectivity index (χ2n) is 4.05. The summed E-state index contributed by atoms with van der Waals surface area (Å²) in [6.45, 7) is 2.90. The Morgan fingerprint density at radius 2 is 2.29 bits per heavy atom. The summed E-state index contributed by atoms with van der Waals surface area (Å²) in [7, 11) is 0. The molecule has 1 fully saturated rings. The van der Waals surface area contributed by atoms with Crippen LogP contribution in [0, 0.1) is 0 Å². The van der Waals surface area contributed by atoms with Crippen LogP contribution in [-0.4, -0.2) is 41.7 Å². The molecule has 1 aliphatic rings. The molecule has 0 bridgehead atoms. The Balaban J connectivity index is 1.99. The van der Waals surface area contributed by atoms with E-state index >= 15 is 0 Å². The molecule has 1 aliphatic heterocycles. The first-order valence-corrected chi connectivity index (χ1v) is 5.68. The number of rotatable bonds is 3. The van der Waals surface area contributed by atoms with Crippen LogP contribution >= 0.6 is 0 Å². The van der Waals surface area contributed by atoms with Crippen molar-refractivity contribution in [1.82, 2.24) is 15.2 Å². The molecule has 0 atom stereocenters. The van der Waals surface area contributed by atoms with Crippen LogP contribution in [0.1, 0.15) is 22.6 Å². The first-order chi connectivity index (χ1) is 8.28. The lowest BCUT2D eigenvalue weighted by molar-refractivity contribution is -0.120. The lowest BCUT2D eigenvalue weighted by Gasteiger charge is -2.18. The van der Waals surface area contributed by atoms with Gasteiger partial charge in [0, 0.05) is 32.6 Å². The van der Waals surface area contributed by atoms with Gasteiger partial charge in [0.15, 0.2) is 6.29 Å². The van der Waals surface area contributed by atoms with Crippen molar-refractivity contribution in [1.29, 1.82) is 0 Å². The third-order valence-corrected chi connectivity index (χ3v) is 2.74. The van der Waals surface area contributed by atoms with Crippen molar-refractivity contribution < 1.29 is 9.59 Å². The molecule has 1 saturated heterocycles. The summed E-state index contributed by atoms with van der Waals surface area (Å²) in [5.74, 6) is 0.0992. The van der Waals surface area contributed by atoms with Gasteiger partial charge in [-0.1, -0.05) is 6.07 Å². The molecule has 1 aromatic heterocycles. The van der Waals surface area contributed by atoms with E-state index < -0.39 is 0 Å². The van der Waals surface area contributed by atoms with Gasteiger partial charge in [0.25, 0.3) is 0 Å². The standard InChI is InChI=1S/C12H15N3O2/c16-9-11-3-1-2-10(14-11)8-15-6-4-12(17)13-5-7-15/h1-3,9H,4-8H2,(H,13,17). The second kappa shape index (κ2) is 5.54. The summed E-state index contributed by atoms with van der Waals surface area (Å²) in [4.78, 5) is 28.2. The summed E-state index contributed by atoms with van der Waals surface area (Å²) in [5, 5.41) is 2.83. The Kier molecular flexibility index (Phi) is 3.82. The largest absolute Gasteiger partial charge is 0.355 e. The highest BCUT2D eigenvalue weighted by atomic mass is 16.1. The van der Waals surface area contributed by atoms with Gasteiger partial charge in [-0.3, -0.25) is 14.5 Å². The lowest BCUT2D eigenvalue weighted by atomic mass is 10.3. The van der Waals surface area contributed by atoms with E-state index in [0.29, 0.717) is 25.2 Å².